The zero-order valence-corrected chi connectivity index (χ0v) is 11.9. The Labute approximate surface area is 116 Å². The van der Waals surface area contributed by atoms with Gasteiger partial charge in [0, 0.05) is 16.7 Å². The molecule has 17 heavy (non-hydrogen) atoms. The van der Waals surface area contributed by atoms with E-state index in [9.17, 15) is 4.79 Å². The van der Waals surface area contributed by atoms with Gasteiger partial charge in [-0.15, -0.1) is 0 Å². The number of para-hydroxylation sites is 1. The number of rotatable bonds is 2. The number of hydrogen-bond acceptors (Lipinski definition) is 1. The topological polar surface area (TPSA) is 20.3 Å². The largest absolute Gasteiger partial charge is 0.312 e. The van der Waals surface area contributed by atoms with Crippen LogP contribution in [0.3, 0.4) is 0 Å². The summed E-state index contributed by atoms with van der Waals surface area (Å²) in [5, 5.41) is 0. The lowest BCUT2D eigenvalue weighted by molar-refractivity contribution is -0.125. The number of anilines is 1. The standard InChI is InChI=1S/C14H16INO/c15-10-14-8-4-5-11(14)9-16(13(14)17)12-6-2-1-3-7-12/h1-3,6-7,11H,4-5,8-10H2/t11-,14+/m1/s1. The third-order valence-electron chi connectivity index (χ3n) is 4.34. The summed E-state index contributed by atoms with van der Waals surface area (Å²) < 4.78 is 0.970. The number of carbonyl (C=O) groups is 1. The van der Waals surface area contributed by atoms with Crippen molar-refractivity contribution < 1.29 is 4.79 Å². The number of fused-ring (bicyclic) bond motifs is 1. The minimum absolute atomic E-state index is 0.0452. The average Bonchev–Trinajstić information content (AvgIpc) is 2.90. The highest BCUT2D eigenvalue weighted by Crippen LogP contribution is 2.51. The zero-order valence-electron chi connectivity index (χ0n) is 9.73. The molecule has 1 aliphatic heterocycles. The minimum atomic E-state index is -0.0452. The van der Waals surface area contributed by atoms with E-state index >= 15 is 0 Å². The van der Waals surface area contributed by atoms with Gasteiger partial charge in [-0.1, -0.05) is 47.2 Å². The van der Waals surface area contributed by atoms with Crippen LogP contribution in [0.1, 0.15) is 19.3 Å². The molecule has 2 atom stereocenters. The second kappa shape index (κ2) is 4.26. The molecule has 2 nitrogen and oxygen atoms in total. The van der Waals surface area contributed by atoms with Crippen LogP contribution < -0.4 is 4.90 Å². The van der Waals surface area contributed by atoms with Crippen LogP contribution in [0.5, 0.6) is 0 Å². The Morgan fingerprint density at radius 2 is 2.12 bits per heavy atom. The Bertz CT molecular complexity index is 433. The fourth-order valence-corrected chi connectivity index (χ4v) is 4.66. The van der Waals surface area contributed by atoms with Crippen LogP contribution in [0.2, 0.25) is 0 Å². The van der Waals surface area contributed by atoms with E-state index in [0.29, 0.717) is 11.8 Å². The molecule has 2 fully saturated rings. The van der Waals surface area contributed by atoms with Gasteiger partial charge in [-0.3, -0.25) is 4.79 Å². The monoisotopic (exact) mass is 341 g/mol. The van der Waals surface area contributed by atoms with E-state index < -0.39 is 0 Å². The molecule has 1 saturated heterocycles. The number of alkyl halides is 1. The van der Waals surface area contributed by atoms with Gasteiger partial charge in [-0.05, 0) is 30.9 Å². The second-order valence-electron chi connectivity index (χ2n) is 5.13. The van der Waals surface area contributed by atoms with E-state index in [1.165, 1.54) is 12.8 Å². The summed E-state index contributed by atoms with van der Waals surface area (Å²) in [5.74, 6) is 0.938. The molecule has 0 unspecified atom stereocenters. The molecule has 1 amide bonds. The lowest BCUT2D eigenvalue weighted by Gasteiger charge is -2.24. The van der Waals surface area contributed by atoms with E-state index in [2.05, 4.69) is 22.6 Å². The molecule has 0 N–H and O–H groups in total. The molecule has 3 rings (SSSR count). The number of carbonyl (C=O) groups excluding carboxylic acids is 1. The number of benzene rings is 1. The fourth-order valence-electron chi connectivity index (χ4n) is 3.33. The smallest absolute Gasteiger partial charge is 0.234 e. The van der Waals surface area contributed by atoms with E-state index in [4.69, 9.17) is 0 Å². The molecule has 0 aromatic heterocycles. The first kappa shape index (κ1) is 11.5. The summed E-state index contributed by atoms with van der Waals surface area (Å²) in [5.41, 5.74) is 1.02. The lowest BCUT2D eigenvalue weighted by atomic mass is 9.82. The molecule has 0 radical (unpaired) electrons. The highest BCUT2D eigenvalue weighted by atomic mass is 127. The predicted molar refractivity (Wildman–Crippen MR) is 77.5 cm³/mol. The van der Waals surface area contributed by atoms with Gasteiger partial charge in [0.1, 0.15) is 0 Å². The van der Waals surface area contributed by atoms with Gasteiger partial charge >= 0.3 is 0 Å². The highest BCUT2D eigenvalue weighted by molar-refractivity contribution is 14.1. The van der Waals surface area contributed by atoms with Crippen LogP contribution in [0.4, 0.5) is 5.69 Å². The van der Waals surface area contributed by atoms with Gasteiger partial charge in [-0.2, -0.15) is 0 Å². The first-order chi connectivity index (χ1) is 8.28. The Balaban J connectivity index is 1.95. The van der Waals surface area contributed by atoms with Gasteiger partial charge in [-0.25, -0.2) is 0 Å². The maximum Gasteiger partial charge on any atom is 0.234 e. The van der Waals surface area contributed by atoms with Crippen molar-refractivity contribution in [1.82, 2.24) is 0 Å². The summed E-state index contributed by atoms with van der Waals surface area (Å²) in [7, 11) is 0. The molecule has 0 bridgehead atoms. The first-order valence-electron chi connectivity index (χ1n) is 6.21. The summed E-state index contributed by atoms with van der Waals surface area (Å²) in [6.07, 6.45) is 3.53. The molecule has 1 aromatic carbocycles. The normalized spacial score (nSPS) is 31.9. The molecule has 1 heterocycles. The number of hydrogen-bond donors (Lipinski definition) is 0. The maximum atomic E-state index is 12.7. The van der Waals surface area contributed by atoms with E-state index in [-0.39, 0.29) is 5.41 Å². The molecule has 1 aliphatic carbocycles. The van der Waals surface area contributed by atoms with Gasteiger partial charge in [0.25, 0.3) is 0 Å². The molecule has 0 spiro atoms. The van der Waals surface area contributed by atoms with Crippen molar-refractivity contribution in [3.05, 3.63) is 30.3 Å². The Morgan fingerprint density at radius 3 is 2.76 bits per heavy atom. The van der Waals surface area contributed by atoms with Crippen molar-refractivity contribution in [1.29, 1.82) is 0 Å². The van der Waals surface area contributed by atoms with Crippen molar-refractivity contribution in [3.63, 3.8) is 0 Å². The molecule has 1 saturated carbocycles. The van der Waals surface area contributed by atoms with Crippen LogP contribution >= 0.6 is 22.6 Å². The van der Waals surface area contributed by atoms with Crippen LogP contribution in [0, 0.1) is 11.3 Å². The van der Waals surface area contributed by atoms with Gasteiger partial charge in [0.2, 0.25) is 5.91 Å². The minimum Gasteiger partial charge on any atom is -0.312 e. The lowest BCUT2D eigenvalue weighted by Crippen LogP contribution is -2.35. The van der Waals surface area contributed by atoms with Gasteiger partial charge in [0.15, 0.2) is 0 Å². The third-order valence-corrected chi connectivity index (χ3v) is 5.70. The Morgan fingerprint density at radius 1 is 1.35 bits per heavy atom. The quantitative estimate of drug-likeness (QED) is 0.597. The summed E-state index contributed by atoms with van der Waals surface area (Å²) >= 11 is 2.39. The van der Waals surface area contributed by atoms with Crippen molar-refractivity contribution >= 4 is 34.2 Å². The Kier molecular flexibility index (Phi) is 2.89. The second-order valence-corrected chi connectivity index (χ2v) is 5.89. The average molecular weight is 341 g/mol. The fraction of sp³-hybridized carbons (Fsp3) is 0.500. The SMILES string of the molecule is O=C1N(c2ccccc2)C[C@H]2CCC[C@@]12CI. The van der Waals surface area contributed by atoms with Crippen LogP contribution in [0.15, 0.2) is 30.3 Å². The van der Waals surface area contributed by atoms with Crippen molar-refractivity contribution in [2.45, 2.75) is 19.3 Å². The van der Waals surface area contributed by atoms with Crippen molar-refractivity contribution in [2.24, 2.45) is 11.3 Å². The van der Waals surface area contributed by atoms with Gasteiger partial charge < -0.3 is 4.90 Å². The molecule has 3 heteroatoms. The molecule has 1 aromatic rings. The van der Waals surface area contributed by atoms with Crippen LogP contribution in [-0.4, -0.2) is 16.9 Å². The molecular weight excluding hydrogens is 325 g/mol. The highest BCUT2D eigenvalue weighted by Gasteiger charge is 2.55. The predicted octanol–water partition coefficient (Wildman–Crippen LogP) is 3.25. The van der Waals surface area contributed by atoms with Crippen LogP contribution in [-0.2, 0) is 4.79 Å². The summed E-state index contributed by atoms with van der Waals surface area (Å²) in [6, 6.07) is 10.1. The summed E-state index contributed by atoms with van der Waals surface area (Å²) in [6.45, 7) is 0.922. The first-order valence-corrected chi connectivity index (χ1v) is 7.73. The third kappa shape index (κ3) is 1.62. The van der Waals surface area contributed by atoms with E-state index in [1.54, 1.807) is 0 Å². The number of nitrogens with zero attached hydrogens (tertiary/aromatic N) is 1. The van der Waals surface area contributed by atoms with Crippen LogP contribution in [0.25, 0.3) is 0 Å². The maximum absolute atomic E-state index is 12.7. The Hall–Kier alpha value is -0.580. The molecule has 90 valence electrons. The van der Waals surface area contributed by atoms with Crippen molar-refractivity contribution in [3.8, 4) is 0 Å². The molecular formula is C14H16INO. The van der Waals surface area contributed by atoms with Gasteiger partial charge in [0.05, 0.1) is 5.41 Å². The zero-order chi connectivity index (χ0) is 11.9. The van der Waals surface area contributed by atoms with E-state index in [1.807, 2.05) is 35.2 Å². The number of amides is 1. The summed E-state index contributed by atoms with van der Waals surface area (Å²) in [4.78, 5) is 14.7. The molecule has 2 aliphatic rings. The number of halogens is 1. The van der Waals surface area contributed by atoms with Crippen molar-refractivity contribution in [2.75, 3.05) is 15.9 Å². The van der Waals surface area contributed by atoms with E-state index in [0.717, 1.165) is 23.1 Å².